The van der Waals surface area contributed by atoms with Crippen molar-refractivity contribution in [3.63, 3.8) is 0 Å². The molecule has 4 aromatic rings. The van der Waals surface area contributed by atoms with Crippen molar-refractivity contribution < 1.29 is 13.9 Å². The average molecular weight is 408 g/mol. The summed E-state index contributed by atoms with van der Waals surface area (Å²) in [7, 11) is 0. The van der Waals surface area contributed by atoms with E-state index in [0.717, 1.165) is 22.0 Å². The Labute approximate surface area is 173 Å². The summed E-state index contributed by atoms with van der Waals surface area (Å²) < 4.78 is 24.6. The van der Waals surface area contributed by atoms with Gasteiger partial charge in [0.25, 0.3) is 0 Å². The predicted molar refractivity (Wildman–Crippen MR) is 113 cm³/mol. The molecule has 3 aromatic carbocycles. The van der Waals surface area contributed by atoms with Crippen LogP contribution in [0.1, 0.15) is 11.1 Å². The molecule has 4 rings (SSSR count). The van der Waals surface area contributed by atoms with E-state index in [2.05, 4.69) is 4.98 Å². The van der Waals surface area contributed by atoms with Crippen LogP contribution in [0.3, 0.4) is 0 Å². The van der Waals surface area contributed by atoms with Gasteiger partial charge in [0, 0.05) is 17.9 Å². The van der Waals surface area contributed by atoms with Gasteiger partial charge in [-0.2, -0.15) is 0 Å². The lowest BCUT2D eigenvalue weighted by atomic mass is 10.2. The van der Waals surface area contributed by atoms with Crippen LogP contribution in [0.25, 0.3) is 10.9 Å². The normalized spacial score (nSPS) is 10.8. The van der Waals surface area contributed by atoms with Gasteiger partial charge in [-0.1, -0.05) is 54.1 Å². The van der Waals surface area contributed by atoms with E-state index in [-0.39, 0.29) is 5.82 Å². The van der Waals surface area contributed by atoms with Crippen LogP contribution in [-0.4, -0.2) is 11.6 Å². The molecule has 0 saturated heterocycles. The van der Waals surface area contributed by atoms with Crippen molar-refractivity contribution in [3.8, 4) is 11.6 Å². The first-order chi connectivity index (χ1) is 14.2. The molecule has 1 aromatic heterocycles. The fraction of sp³-hybridized carbons (Fsp3) is 0.125. The van der Waals surface area contributed by atoms with Crippen molar-refractivity contribution in [2.24, 2.45) is 0 Å². The van der Waals surface area contributed by atoms with Gasteiger partial charge < -0.3 is 9.47 Å². The number of ether oxygens (including phenoxy) is 2. The molecule has 3 nitrogen and oxygen atoms in total. The molecule has 29 heavy (non-hydrogen) atoms. The molecule has 0 bridgehead atoms. The molecule has 0 N–H and O–H groups in total. The van der Waals surface area contributed by atoms with Crippen molar-refractivity contribution in [2.45, 2.75) is 13.0 Å². The van der Waals surface area contributed by atoms with E-state index in [1.165, 1.54) is 12.1 Å². The smallest absolute Gasteiger partial charge is 0.213 e. The molecule has 0 aliphatic rings. The van der Waals surface area contributed by atoms with Crippen LogP contribution in [0.4, 0.5) is 4.39 Å². The van der Waals surface area contributed by atoms with Crippen LogP contribution < -0.4 is 9.47 Å². The van der Waals surface area contributed by atoms with E-state index in [1.807, 2.05) is 48.5 Å². The summed E-state index contributed by atoms with van der Waals surface area (Å²) in [5.74, 6) is 0.901. The van der Waals surface area contributed by atoms with Crippen LogP contribution in [0.15, 0.2) is 78.9 Å². The highest BCUT2D eigenvalue weighted by Gasteiger charge is 2.08. The molecule has 0 saturated carbocycles. The Morgan fingerprint density at radius 1 is 0.828 bits per heavy atom. The molecule has 0 amide bonds. The Hall–Kier alpha value is -3.11. The Balaban J connectivity index is 1.41. The van der Waals surface area contributed by atoms with Gasteiger partial charge in [0.2, 0.25) is 5.88 Å². The highest BCUT2D eigenvalue weighted by atomic mass is 35.5. The van der Waals surface area contributed by atoms with Crippen molar-refractivity contribution in [1.29, 1.82) is 0 Å². The van der Waals surface area contributed by atoms with Crippen LogP contribution in [0.5, 0.6) is 11.6 Å². The molecule has 1 heterocycles. The lowest BCUT2D eigenvalue weighted by Crippen LogP contribution is -2.03. The maximum absolute atomic E-state index is 13.0. The number of fused-ring (bicyclic) bond motifs is 1. The van der Waals surface area contributed by atoms with Crippen molar-refractivity contribution in [1.82, 2.24) is 4.98 Å². The van der Waals surface area contributed by atoms with Crippen LogP contribution >= 0.6 is 11.6 Å². The third-order valence-corrected chi connectivity index (χ3v) is 4.80. The summed E-state index contributed by atoms with van der Waals surface area (Å²) in [4.78, 5) is 4.52. The minimum absolute atomic E-state index is 0.241. The highest BCUT2D eigenvalue weighted by molar-refractivity contribution is 6.32. The first-order valence-electron chi connectivity index (χ1n) is 9.32. The number of aromatic nitrogens is 1. The highest BCUT2D eigenvalue weighted by Crippen LogP contribution is 2.31. The third kappa shape index (κ3) is 5.04. The Kier molecular flexibility index (Phi) is 5.92. The monoisotopic (exact) mass is 407 g/mol. The van der Waals surface area contributed by atoms with Crippen LogP contribution in [-0.2, 0) is 13.0 Å². The maximum atomic E-state index is 13.0. The van der Waals surface area contributed by atoms with Gasteiger partial charge in [0.15, 0.2) is 0 Å². The summed E-state index contributed by atoms with van der Waals surface area (Å²) in [5, 5.41) is 1.42. The Bertz CT molecular complexity index is 1100. The van der Waals surface area contributed by atoms with E-state index < -0.39 is 0 Å². The Morgan fingerprint density at radius 3 is 2.41 bits per heavy atom. The third-order valence-electron chi connectivity index (χ3n) is 4.51. The molecule has 5 heteroatoms. The number of rotatable bonds is 7. The van der Waals surface area contributed by atoms with Gasteiger partial charge in [0.05, 0.1) is 17.1 Å². The van der Waals surface area contributed by atoms with Gasteiger partial charge in [-0.3, -0.25) is 0 Å². The molecule has 0 aliphatic carbocycles. The van der Waals surface area contributed by atoms with Gasteiger partial charge in [-0.15, -0.1) is 0 Å². The average Bonchev–Trinajstić information content (AvgIpc) is 2.74. The van der Waals surface area contributed by atoms with E-state index in [0.29, 0.717) is 36.3 Å². The Morgan fingerprint density at radius 2 is 1.62 bits per heavy atom. The standard InChI is InChI=1S/C24H19ClFNO2/c25-21-15-22-19(14-23(21)29-16-18-4-2-1-3-5-18)8-11-24(27-22)28-13-12-17-6-9-20(26)10-7-17/h1-11,14-15H,12-13,16H2. The second kappa shape index (κ2) is 8.93. The van der Waals surface area contributed by atoms with Crippen molar-refractivity contribution in [2.75, 3.05) is 6.61 Å². The minimum Gasteiger partial charge on any atom is -0.487 e. The van der Waals surface area contributed by atoms with E-state index in [4.69, 9.17) is 21.1 Å². The molecule has 0 atom stereocenters. The molecule has 0 radical (unpaired) electrons. The number of halogens is 2. The topological polar surface area (TPSA) is 31.4 Å². The summed E-state index contributed by atoms with van der Waals surface area (Å²) >= 11 is 6.38. The maximum Gasteiger partial charge on any atom is 0.213 e. The molecular weight excluding hydrogens is 389 g/mol. The number of nitrogens with zero attached hydrogens (tertiary/aromatic N) is 1. The van der Waals surface area contributed by atoms with Gasteiger partial charge in [-0.25, -0.2) is 9.37 Å². The first-order valence-corrected chi connectivity index (χ1v) is 9.69. The summed E-state index contributed by atoms with van der Waals surface area (Å²) in [6, 6.07) is 23.8. The molecule has 0 unspecified atom stereocenters. The quantitative estimate of drug-likeness (QED) is 0.364. The first kappa shape index (κ1) is 19.2. The van der Waals surface area contributed by atoms with Crippen LogP contribution in [0.2, 0.25) is 5.02 Å². The molecular formula is C24H19ClFNO2. The van der Waals surface area contributed by atoms with E-state index in [9.17, 15) is 4.39 Å². The predicted octanol–water partition coefficient (Wildman–Crippen LogP) is 6.23. The molecule has 0 aliphatic heterocycles. The summed E-state index contributed by atoms with van der Waals surface area (Å²) in [6.45, 7) is 0.903. The number of pyridine rings is 1. The van der Waals surface area contributed by atoms with Crippen molar-refractivity contribution in [3.05, 3.63) is 101 Å². The largest absolute Gasteiger partial charge is 0.487 e. The number of hydrogen-bond acceptors (Lipinski definition) is 3. The molecule has 146 valence electrons. The summed E-state index contributed by atoms with van der Waals surface area (Å²) in [5.41, 5.74) is 2.82. The SMILES string of the molecule is Fc1ccc(CCOc2ccc3cc(OCc4ccccc4)c(Cl)cc3n2)cc1. The zero-order chi connectivity index (χ0) is 20.1. The minimum atomic E-state index is -0.241. The second-order valence-corrected chi connectivity index (χ2v) is 7.03. The lowest BCUT2D eigenvalue weighted by molar-refractivity contribution is 0.306. The fourth-order valence-corrected chi connectivity index (χ4v) is 3.17. The lowest BCUT2D eigenvalue weighted by Gasteiger charge is -2.11. The second-order valence-electron chi connectivity index (χ2n) is 6.62. The van der Waals surface area contributed by atoms with E-state index in [1.54, 1.807) is 18.2 Å². The molecule has 0 spiro atoms. The summed E-state index contributed by atoms with van der Waals surface area (Å²) in [6.07, 6.45) is 0.674. The van der Waals surface area contributed by atoms with Gasteiger partial charge >= 0.3 is 0 Å². The number of hydrogen-bond donors (Lipinski definition) is 0. The zero-order valence-corrected chi connectivity index (χ0v) is 16.4. The van der Waals surface area contributed by atoms with Gasteiger partial charge in [0.1, 0.15) is 18.2 Å². The number of benzene rings is 3. The van der Waals surface area contributed by atoms with Crippen LogP contribution in [0, 0.1) is 5.82 Å². The van der Waals surface area contributed by atoms with Crippen molar-refractivity contribution >= 4 is 22.5 Å². The zero-order valence-electron chi connectivity index (χ0n) is 15.6. The fourth-order valence-electron chi connectivity index (χ4n) is 2.96. The van der Waals surface area contributed by atoms with Gasteiger partial charge in [-0.05, 0) is 41.5 Å². The molecule has 0 fully saturated rings. The van der Waals surface area contributed by atoms with E-state index >= 15 is 0 Å².